The van der Waals surface area contributed by atoms with Crippen molar-refractivity contribution in [1.29, 1.82) is 0 Å². The number of hydrogen-bond donors (Lipinski definition) is 0. The Morgan fingerprint density at radius 2 is 2.11 bits per heavy atom. The first-order valence-electron chi connectivity index (χ1n) is 6.32. The minimum Gasteiger partial charge on any atom is -0.331 e. The van der Waals surface area contributed by atoms with Gasteiger partial charge in [-0.25, -0.2) is 0 Å². The van der Waals surface area contributed by atoms with Gasteiger partial charge in [0, 0.05) is 17.1 Å². The Bertz CT molecular complexity index is 578. The molecule has 98 valence electrons. The molecule has 1 aliphatic carbocycles. The van der Waals surface area contributed by atoms with E-state index in [2.05, 4.69) is 32.8 Å². The molecule has 0 unspecified atom stereocenters. The fourth-order valence-corrected chi connectivity index (χ4v) is 3.24. The van der Waals surface area contributed by atoms with Crippen molar-refractivity contribution < 1.29 is 4.79 Å². The van der Waals surface area contributed by atoms with Gasteiger partial charge in [-0.1, -0.05) is 12.1 Å². The van der Waals surface area contributed by atoms with Gasteiger partial charge in [0.15, 0.2) is 0 Å². The highest BCUT2D eigenvalue weighted by molar-refractivity contribution is 9.10. The summed E-state index contributed by atoms with van der Waals surface area (Å²) in [5.74, 6) is 0.126. The van der Waals surface area contributed by atoms with Gasteiger partial charge in [0.1, 0.15) is 0 Å². The predicted molar refractivity (Wildman–Crippen MR) is 81.4 cm³/mol. The molecule has 1 fully saturated rings. The number of rotatable bonds is 4. The summed E-state index contributed by atoms with van der Waals surface area (Å²) in [6, 6.07) is 10.2. The number of amides is 1. The quantitative estimate of drug-likeness (QED) is 0.814. The van der Waals surface area contributed by atoms with Gasteiger partial charge in [-0.2, -0.15) is 11.3 Å². The normalized spacial score (nSPS) is 14.4. The predicted octanol–water partition coefficient (Wildman–Crippen LogP) is 4.32. The summed E-state index contributed by atoms with van der Waals surface area (Å²) in [6.45, 7) is 0.717. The van der Waals surface area contributed by atoms with Crippen molar-refractivity contribution >= 4 is 33.2 Å². The maximum Gasteiger partial charge on any atom is 0.255 e. The van der Waals surface area contributed by atoms with E-state index in [4.69, 9.17) is 0 Å². The summed E-state index contributed by atoms with van der Waals surface area (Å²) in [7, 11) is 0. The van der Waals surface area contributed by atoms with Gasteiger partial charge < -0.3 is 4.90 Å². The third-order valence-corrected chi connectivity index (χ3v) is 4.71. The van der Waals surface area contributed by atoms with Gasteiger partial charge in [-0.15, -0.1) is 0 Å². The number of halogens is 1. The molecule has 3 rings (SSSR count). The van der Waals surface area contributed by atoms with Crippen LogP contribution in [0.3, 0.4) is 0 Å². The van der Waals surface area contributed by atoms with Crippen LogP contribution in [0.25, 0.3) is 0 Å². The highest BCUT2D eigenvalue weighted by atomic mass is 79.9. The van der Waals surface area contributed by atoms with Crippen LogP contribution in [-0.2, 0) is 6.54 Å². The molecular weight excluding hydrogens is 322 g/mol. The topological polar surface area (TPSA) is 20.3 Å². The zero-order valence-corrected chi connectivity index (χ0v) is 12.8. The second-order valence-corrected chi connectivity index (χ2v) is 6.41. The van der Waals surface area contributed by atoms with Crippen molar-refractivity contribution in [2.24, 2.45) is 0 Å². The Kier molecular flexibility index (Phi) is 3.71. The lowest BCUT2D eigenvalue weighted by Gasteiger charge is -2.22. The van der Waals surface area contributed by atoms with Crippen molar-refractivity contribution in [3.63, 3.8) is 0 Å². The molecule has 1 heterocycles. The maximum absolute atomic E-state index is 12.7. The third-order valence-electron chi connectivity index (χ3n) is 3.29. The van der Waals surface area contributed by atoms with Gasteiger partial charge in [-0.05, 0) is 63.3 Å². The van der Waals surface area contributed by atoms with Crippen LogP contribution >= 0.6 is 27.3 Å². The molecule has 1 aliphatic rings. The van der Waals surface area contributed by atoms with Crippen molar-refractivity contribution in [3.05, 3.63) is 56.7 Å². The molecule has 4 heteroatoms. The van der Waals surface area contributed by atoms with Crippen LogP contribution in [0, 0.1) is 0 Å². The molecule has 0 spiro atoms. The highest BCUT2D eigenvalue weighted by Crippen LogP contribution is 2.31. The molecule has 0 saturated heterocycles. The number of nitrogens with zero attached hydrogens (tertiary/aromatic N) is 1. The van der Waals surface area contributed by atoms with E-state index in [9.17, 15) is 4.79 Å². The minimum atomic E-state index is 0.126. The molecule has 0 radical (unpaired) electrons. The van der Waals surface area contributed by atoms with E-state index in [1.165, 1.54) is 5.56 Å². The molecule has 0 atom stereocenters. The fraction of sp³-hybridized carbons (Fsp3) is 0.267. The average Bonchev–Trinajstić information content (AvgIpc) is 3.13. The lowest BCUT2D eigenvalue weighted by atomic mass is 10.2. The smallest absolute Gasteiger partial charge is 0.255 e. The molecule has 1 saturated carbocycles. The average molecular weight is 336 g/mol. The molecule has 0 bridgehead atoms. The molecule has 1 aromatic heterocycles. The second-order valence-electron chi connectivity index (χ2n) is 4.78. The number of carbonyl (C=O) groups is 1. The van der Waals surface area contributed by atoms with Crippen LogP contribution in [0.4, 0.5) is 0 Å². The summed E-state index contributed by atoms with van der Waals surface area (Å²) < 4.78 is 0.871. The van der Waals surface area contributed by atoms with Gasteiger partial charge in [-0.3, -0.25) is 4.79 Å². The van der Waals surface area contributed by atoms with Gasteiger partial charge >= 0.3 is 0 Å². The van der Waals surface area contributed by atoms with E-state index in [1.54, 1.807) is 11.3 Å². The Balaban J connectivity index is 1.84. The zero-order valence-electron chi connectivity index (χ0n) is 10.4. The number of hydrogen-bond acceptors (Lipinski definition) is 2. The summed E-state index contributed by atoms with van der Waals surface area (Å²) in [6.07, 6.45) is 2.25. The van der Waals surface area contributed by atoms with E-state index in [1.807, 2.05) is 29.2 Å². The second kappa shape index (κ2) is 5.47. The molecule has 0 N–H and O–H groups in total. The Labute approximate surface area is 125 Å². The third kappa shape index (κ3) is 2.90. The maximum atomic E-state index is 12.7. The Morgan fingerprint density at radius 1 is 1.32 bits per heavy atom. The van der Waals surface area contributed by atoms with Gasteiger partial charge in [0.25, 0.3) is 5.91 Å². The molecule has 0 aliphatic heterocycles. The van der Waals surface area contributed by atoms with Crippen molar-refractivity contribution in [2.75, 3.05) is 0 Å². The fourth-order valence-electron chi connectivity index (χ4n) is 2.12. The van der Waals surface area contributed by atoms with E-state index in [-0.39, 0.29) is 5.91 Å². The first kappa shape index (κ1) is 12.9. The van der Waals surface area contributed by atoms with E-state index >= 15 is 0 Å². The van der Waals surface area contributed by atoms with Gasteiger partial charge in [0.05, 0.1) is 5.56 Å². The van der Waals surface area contributed by atoms with Crippen LogP contribution in [0.5, 0.6) is 0 Å². The standard InChI is InChI=1S/C15H14BrNOS/c16-14-4-2-1-3-13(14)15(18)17(12-5-6-12)9-11-7-8-19-10-11/h1-4,7-8,10,12H,5-6,9H2. The lowest BCUT2D eigenvalue weighted by Crippen LogP contribution is -2.32. The molecular formula is C15H14BrNOS. The van der Waals surface area contributed by atoms with Crippen LogP contribution in [-0.4, -0.2) is 16.8 Å². The summed E-state index contributed by atoms with van der Waals surface area (Å²) in [5, 5.41) is 4.17. The zero-order chi connectivity index (χ0) is 13.2. The summed E-state index contributed by atoms with van der Waals surface area (Å²) in [5.41, 5.74) is 1.97. The first-order chi connectivity index (χ1) is 9.25. The molecule has 1 aromatic carbocycles. The molecule has 2 nitrogen and oxygen atoms in total. The SMILES string of the molecule is O=C(c1ccccc1Br)N(Cc1ccsc1)C1CC1. The monoisotopic (exact) mass is 335 g/mol. The van der Waals surface area contributed by atoms with Crippen molar-refractivity contribution in [3.8, 4) is 0 Å². The Morgan fingerprint density at radius 3 is 2.74 bits per heavy atom. The summed E-state index contributed by atoms with van der Waals surface area (Å²) in [4.78, 5) is 14.7. The number of benzene rings is 1. The van der Waals surface area contributed by atoms with E-state index in [0.29, 0.717) is 12.6 Å². The van der Waals surface area contributed by atoms with Crippen molar-refractivity contribution in [2.45, 2.75) is 25.4 Å². The molecule has 1 amide bonds. The number of carbonyl (C=O) groups excluding carboxylic acids is 1. The first-order valence-corrected chi connectivity index (χ1v) is 8.06. The highest BCUT2D eigenvalue weighted by Gasteiger charge is 2.33. The van der Waals surface area contributed by atoms with Crippen LogP contribution in [0.2, 0.25) is 0 Å². The molecule has 2 aromatic rings. The number of thiophene rings is 1. The van der Waals surface area contributed by atoms with Crippen LogP contribution < -0.4 is 0 Å². The lowest BCUT2D eigenvalue weighted by molar-refractivity contribution is 0.0729. The Hall–Kier alpha value is -1.13. The van der Waals surface area contributed by atoms with E-state index in [0.717, 1.165) is 22.9 Å². The van der Waals surface area contributed by atoms with Crippen molar-refractivity contribution in [1.82, 2.24) is 4.90 Å². The summed E-state index contributed by atoms with van der Waals surface area (Å²) >= 11 is 5.14. The largest absolute Gasteiger partial charge is 0.331 e. The van der Waals surface area contributed by atoms with E-state index < -0.39 is 0 Å². The van der Waals surface area contributed by atoms with Crippen LogP contribution in [0.15, 0.2) is 45.6 Å². The minimum absolute atomic E-state index is 0.126. The molecule has 19 heavy (non-hydrogen) atoms. The van der Waals surface area contributed by atoms with Gasteiger partial charge in [0.2, 0.25) is 0 Å². The van der Waals surface area contributed by atoms with Crippen LogP contribution in [0.1, 0.15) is 28.8 Å².